The van der Waals surface area contributed by atoms with E-state index in [4.69, 9.17) is 9.47 Å². The van der Waals surface area contributed by atoms with E-state index >= 15 is 0 Å². The molecular formula is C17H24N2O4. The van der Waals surface area contributed by atoms with Crippen molar-refractivity contribution in [3.05, 3.63) is 18.2 Å². The topological polar surface area (TPSA) is 67.9 Å². The fraction of sp³-hybridized carbons (Fsp3) is 0.529. The fourth-order valence-corrected chi connectivity index (χ4v) is 2.50. The van der Waals surface area contributed by atoms with E-state index in [-0.39, 0.29) is 18.4 Å². The minimum Gasteiger partial charge on any atom is -0.490 e. The number of nitrogens with one attached hydrogen (secondary N) is 1. The minimum absolute atomic E-state index is 0.0157. The number of fused-ring (bicyclic) bond motifs is 1. The SMILES string of the molecule is CCCN1C(=O)C(C)(C)COc2ccc(NC(=O)COC)cc21. The van der Waals surface area contributed by atoms with E-state index in [0.717, 1.165) is 6.42 Å². The molecular weight excluding hydrogens is 296 g/mol. The van der Waals surface area contributed by atoms with Crippen molar-refractivity contribution in [3.63, 3.8) is 0 Å². The Bertz CT molecular complexity index is 598. The third-order valence-electron chi connectivity index (χ3n) is 3.67. The summed E-state index contributed by atoms with van der Waals surface area (Å²) in [4.78, 5) is 26.2. The summed E-state index contributed by atoms with van der Waals surface area (Å²) < 4.78 is 10.6. The summed E-state index contributed by atoms with van der Waals surface area (Å²) in [5.74, 6) is 0.441. The normalized spacial score (nSPS) is 16.3. The van der Waals surface area contributed by atoms with Crippen LogP contribution in [0, 0.1) is 5.41 Å². The molecule has 6 heteroatoms. The highest BCUT2D eigenvalue weighted by atomic mass is 16.5. The second kappa shape index (κ2) is 7.00. The number of benzene rings is 1. The molecule has 0 fully saturated rings. The van der Waals surface area contributed by atoms with Gasteiger partial charge in [-0.3, -0.25) is 9.59 Å². The van der Waals surface area contributed by atoms with Gasteiger partial charge in [-0.2, -0.15) is 0 Å². The van der Waals surface area contributed by atoms with Gasteiger partial charge in [0.05, 0.1) is 11.1 Å². The van der Waals surface area contributed by atoms with E-state index in [2.05, 4.69) is 5.32 Å². The van der Waals surface area contributed by atoms with E-state index in [1.54, 1.807) is 23.1 Å². The molecule has 1 N–H and O–H groups in total. The molecule has 0 saturated carbocycles. The van der Waals surface area contributed by atoms with Gasteiger partial charge in [-0.25, -0.2) is 0 Å². The van der Waals surface area contributed by atoms with Crippen LogP contribution in [-0.2, 0) is 14.3 Å². The highest BCUT2D eigenvalue weighted by molar-refractivity contribution is 6.00. The highest BCUT2D eigenvalue weighted by Crippen LogP contribution is 2.38. The van der Waals surface area contributed by atoms with Crippen molar-refractivity contribution < 1.29 is 19.1 Å². The van der Waals surface area contributed by atoms with Gasteiger partial charge in [0.2, 0.25) is 11.8 Å². The largest absolute Gasteiger partial charge is 0.490 e. The van der Waals surface area contributed by atoms with Crippen molar-refractivity contribution in [2.24, 2.45) is 5.41 Å². The standard InChI is InChI=1S/C17H24N2O4/c1-5-8-19-13-9-12(18-15(20)10-22-4)6-7-14(13)23-11-17(2,3)16(19)21/h6-7,9H,5,8,10-11H2,1-4H3,(H,18,20). The number of hydrogen-bond donors (Lipinski definition) is 1. The van der Waals surface area contributed by atoms with E-state index < -0.39 is 5.41 Å². The third kappa shape index (κ3) is 3.82. The van der Waals surface area contributed by atoms with Gasteiger partial charge < -0.3 is 19.7 Å². The summed E-state index contributed by atoms with van der Waals surface area (Å²) in [6.07, 6.45) is 0.835. The second-order valence-corrected chi connectivity index (χ2v) is 6.29. The zero-order valence-corrected chi connectivity index (χ0v) is 14.1. The Morgan fingerprint density at radius 1 is 1.43 bits per heavy atom. The van der Waals surface area contributed by atoms with Gasteiger partial charge in [-0.1, -0.05) is 6.92 Å². The molecule has 0 bridgehead atoms. The first kappa shape index (κ1) is 17.3. The van der Waals surface area contributed by atoms with Crippen molar-refractivity contribution in [2.45, 2.75) is 27.2 Å². The summed E-state index contributed by atoms with van der Waals surface area (Å²) in [7, 11) is 1.47. The highest BCUT2D eigenvalue weighted by Gasteiger charge is 2.37. The van der Waals surface area contributed by atoms with Gasteiger partial charge in [0.1, 0.15) is 19.0 Å². The molecule has 1 aromatic rings. The lowest BCUT2D eigenvalue weighted by molar-refractivity contribution is -0.127. The number of carbonyl (C=O) groups is 2. The molecule has 2 rings (SSSR count). The Kier molecular flexibility index (Phi) is 5.26. The Morgan fingerprint density at radius 3 is 2.83 bits per heavy atom. The first-order chi connectivity index (χ1) is 10.9. The molecule has 23 heavy (non-hydrogen) atoms. The lowest BCUT2D eigenvalue weighted by atomic mass is 9.93. The van der Waals surface area contributed by atoms with Crippen LogP contribution in [-0.4, -0.2) is 38.7 Å². The van der Waals surface area contributed by atoms with E-state index in [0.29, 0.717) is 30.3 Å². The molecule has 0 unspecified atom stereocenters. The van der Waals surface area contributed by atoms with Crippen molar-refractivity contribution in [3.8, 4) is 5.75 Å². The molecule has 1 aromatic carbocycles. The van der Waals surface area contributed by atoms with E-state index in [9.17, 15) is 9.59 Å². The zero-order valence-electron chi connectivity index (χ0n) is 14.1. The predicted molar refractivity (Wildman–Crippen MR) is 88.9 cm³/mol. The lowest BCUT2D eigenvalue weighted by Crippen LogP contribution is -2.42. The van der Waals surface area contributed by atoms with Gasteiger partial charge in [-0.05, 0) is 38.5 Å². The predicted octanol–water partition coefficient (Wildman–Crippen LogP) is 2.43. The van der Waals surface area contributed by atoms with Gasteiger partial charge >= 0.3 is 0 Å². The van der Waals surface area contributed by atoms with Crippen molar-refractivity contribution in [1.82, 2.24) is 0 Å². The van der Waals surface area contributed by atoms with Crippen LogP contribution in [0.1, 0.15) is 27.2 Å². The number of hydrogen-bond acceptors (Lipinski definition) is 4. The van der Waals surface area contributed by atoms with Crippen molar-refractivity contribution >= 4 is 23.2 Å². The van der Waals surface area contributed by atoms with Crippen LogP contribution >= 0.6 is 0 Å². The lowest BCUT2D eigenvalue weighted by Gasteiger charge is -2.27. The zero-order chi connectivity index (χ0) is 17.0. The van der Waals surface area contributed by atoms with E-state index in [1.165, 1.54) is 7.11 Å². The molecule has 1 heterocycles. The first-order valence-corrected chi connectivity index (χ1v) is 7.76. The number of nitrogens with zero attached hydrogens (tertiary/aromatic N) is 1. The van der Waals surface area contributed by atoms with Crippen LogP contribution in [0.4, 0.5) is 11.4 Å². The number of carbonyl (C=O) groups excluding carboxylic acids is 2. The number of ether oxygens (including phenoxy) is 2. The molecule has 2 amide bonds. The van der Waals surface area contributed by atoms with Gasteiger partial charge in [0.15, 0.2) is 0 Å². The fourth-order valence-electron chi connectivity index (χ4n) is 2.50. The molecule has 126 valence electrons. The Morgan fingerprint density at radius 2 is 2.17 bits per heavy atom. The van der Waals surface area contributed by atoms with Gasteiger partial charge in [0.25, 0.3) is 0 Å². The molecule has 0 spiro atoms. The van der Waals surface area contributed by atoms with E-state index in [1.807, 2.05) is 20.8 Å². The summed E-state index contributed by atoms with van der Waals surface area (Å²) in [6, 6.07) is 5.33. The van der Waals surface area contributed by atoms with Crippen LogP contribution in [0.15, 0.2) is 18.2 Å². The Balaban J connectivity index is 2.36. The molecule has 6 nitrogen and oxygen atoms in total. The summed E-state index contributed by atoms with van der Waals surface area (Å²) in [5.41, 5.74) is 0.717. The van der Waals surface area contributed by atoms with Crippen LogP contribution in [0.5, 0.6) is 5.75 Å². The molecule has 0 saturated heterocycles. The number of amides is 2. The van der Waals surface area contributed by atoms with Crippen molar-refractivity contribution in [2.75, 3.05) is 37.1 Å². The maximum Gasteiger partial charge on any atom is 0.250 e. The average Bonchev–Trinajstić information content (AvgIpc) is 2.58. The van der Waals surface area contributed by atoms with Crippen LogP contribution in [0.25, 0.3) is 0 Å². The van der Waals surface area contributed by atoms with Crippen molar-refractivity contribution in [1.29, 1.82) is 0 Å². The smallest absolute Gasteiger partial charge is 0.250 e. The Hall–Kier alpha value is -2.08. The summed E-state index contributed by atoms with van der Waals surface area (Å²) >= 11 is 0. The first-order valence-electron chi connectivity index (χ1n) is 7.76. The monoisotopic (exact) mass is 320 g/mol. The average molecular weight is 320 g/mol. The van der Waals surface area contributed by atoms with Crippen LogP contribution in [0.2, 0.25) is 0 Å². The Labute approximate surface area is 136 Å². The number of rotatable bonds is 5. The third-order valence-corrected chi connectivity index (χ3v) is 3.67. The maximum atomic E-state index is 12.8. The molecule has 1 aliphatic rings. The van der Waals surface area contributed by atoms with Crippen LogP contribution < -0.4 is 15.0 Å². The van der Waals surface area contributed by atoms with Gasteiger partial charge in [0, 0.05) is 19.3 Å². The second-order valence-electron chi connectivity index (χ2n) is 6.29. The summed E-state index contributed by atoms with van der Waals surface area (Å²) in [6.45, 7) is 6.70. The molecule has 0 aliphatic carbocycles. The molecule has 0 aromatic heterocycles. The quantitative estimate of drug-likeness (QED) is 0.905. The molecule has 1 aliphatic heterocycles. The number of anilines is 2. The summed E-state index contributed by atoms with van der Waals surface area (Å²) in [5, 5.41) is 2.75. The number of methoxy groups -OCH3 is 1. The molecule has 0 radical (unpaired) electrons. The minimum atomic E-state index is -0.590. The maximum absolute atomic E-state index is 12.8. The molecule has 0 atom stereocenters. The van der Waals surface area contributed by atoms with Gasteiger partial charge in [-0.15, -0.1) is 0 Å². The van der Waals surface area contributed by atoms with Crippen LogP contribution in [0.3, 0.4) is 0 Å².